The van der Waals surface area contributed by atoms with Crippen molar-refractivity contribution in [3.05, 3.63) is 57.6 Å². The first-order valence-electron chi connectivity index (χ1n) is 11.5. The Labute approximate surface area is 193 Å². The number of hydrogen-bond acceptors (Lipinski definition) is 1. The molecule has 0 fully saturated rings. The van der Waals surface area contributed by atoms with E-state index in [9.17, 15) is 0 Å². The SMILES string of the molecule is Cc1cc(C)c(-c2p[c-](-c3c(C)cc(C)cc3C)p2CCCCO[Si](C)(C)C)c(C)c1. The van der Waals surface area contributed by atoms with Crippen LogP contribution in [0.5, 0.6) is 0 Å². The van der Waals surface area contributed by atoms with Gasteiger partial charge >= 0.3 is 0 Å². The van der Waals surface area contributed by atoms with Gasteiger partial charge in [0.05, 0.1) is 0 Å². The minimum atomic E-state index is -1.41. The van der Waals surface area contributed by atoms with Gasteiger partial charge in [0, 0.05) is 6.61 Å². The lowest BCUT2D eigenvalue weighted by Gasteiger charge is -2.31. The maximum atomic E-state index is 6.12. The normalized spacial score (nSPS) is 12.9. The molecule has 0 aliphatic carbocycles. The molecule has 3 aromatic rings. The first-order chi connectivity index (χ1) is 14.5. The fraction of sp³-hybridized carbons (Fsp3) is 0.481. The average Bonchev–Trinajstić information content (AvgIpc) is 2.60. The van der Waals surface area contributed by atoms with Gasteiger partial charge in [-0.25, -0.2) is 0 Å². The van der Waals surface area contributed by atoms with Crippen molar-refractivity contribution in [2.45, 2.75) is 80.2 Å². The molecule has 0 unspecified atom stereocenters. The summed E-state index contributed by atoms with van der Waals surface area (Å²) < 4.78 is 6.12. The molecule has 0 atom stereocenters. The summed E-state index contributed by atoms with van der Waals surface area (Å²) in [5.41, 5.74) is 11.6. The van der Waals surface area contributed by atoms with Crippen molar-refractivity contribution < 1.29 is 4.43 Å². The van der Waals surface area contributed by atoms with E-state index in [4.69, 9.17) is 4.43 Å². The van der Waals surface area contributed by atoms with Gasteiger partial charge in [-0.05, 0) is 93.1 Å². The van der Waals surface area contributed by atoms with Gasteiger partial charge in [0.15, 0.2) is 8.32 Å². The summed E-state index contributed by atoms with van der Waals surface area (Å²) in [6.45, 7) is 21.4. The summed E-state index contributed by atoms with van der Waals surface area (Å²) in [5, 5.41) is 3.40. The Hall–Kier alpha value is -1.04. The van der Waals surface area contributed by atoms with Crippen LogP contribution in [0.25, 0.3) is 21.2 Å². The van der Waals surface area contributed by atoms with Crippen molar-refractivity contribution in [2.24, 2.45) is 0 Å². The zero-order chi connectivity index (χ0) is 22.9. The molecule has 2 aromatic carbocycles. The molecule has 1 aromatic heterocycles. The molecule has 0 N–H and O–H groups in total. The molecular weight excluding hydrogens is 430 g/mol. The summed E-state index contributed by atoms with van der Waals surface area (Å²) in [6, 6.07) is 9.45. The van der Waals surface area contributed by atoms with Gasteiger partial charge in [-0.15, -0.1) is 24.9 Å². The van der Waals surface area contributed by atoms with E-state index in [0.29, 0.717) is 0 Å². The molecule has 4 heteroatoms. The maximum absolute atomic E-state index is 6.12. The lowest BCUT2D eigenvalue weighted by molar-refractivity contribution is 0.302. The van der Waals surface area contributed by atoms with Gasteiger partial charge < -0.3 is 4.43 Å². The highest BCUT2D eigenvalue weighted by Gasteiger charge is 2.18. The molecule has 0 saturated carbocycles. The quantitative estimate of drug-likeness (QED) is 0.181. The molecule has 0 radical (unpaired) electrons. The smallest absolute Gasteiger partial charge is 0.183 e. The topological polar surface area (TPSA) is 9.23 Å². The molecule has 1 heterocycles. The minimum Gasteiger partial charge on any atom is -0.418 e. The molecule has 0 spiro atoms. The van der Waals surface area contributed by atoms with E-state index in [1.54, 1.807) is 21.2 Å². The lowest BCUT2D eigenvalue weighted by Crippen LogP contribution is -2.25. The summed E-state index contributed by atoms with van der Waals surface area (Å²) in [6.07, 6.45) is 3.73. The predicted molar refractivity (Wildman–Crippen MR) is 145 cm³/mol. The summed E-state index contributed by atoms with van der Waals surface area (Å²) >= 11 is 0. The van der Waals surface area contributed by atoms with Crippen molar-refractivity contribution in [1.29, 1.82) is 0 Å². The van der Waals surface area contributed by atoms with Gasteiger partial charge in [-0.1, -0.05) is 49.2 Å². The van der Waals surface area contributed by atoms with E-state index in [-0.39, 0.29) is 7.53 Å². The van der Waals surface area contributed by atoms with E-state index < -0.39 is 8.32 Å². The van der Waals surface area contributed by atoms with E-state index >= 15 is 0 Å². The molecule has 0 bridgehead atoms. The third-order valence-electron chi connectivity index (χ3n) is 5.84. The second-order valence-corrected chi connectivity index (χ2v) is 18.7. The summed E-state index contributed by atoms with van der Waals surface area (Å²) in [5.74, 6) is 0. The first-order valence-corrected chi connectivity index (χ1v) is 17.3. The zero-order valence-electron chi connectivity index (χ0n) is 20.9. The van der Waals surface area contributed by atoms with Crippen LogP contribution in [-0.4, -0.2) is 14.9 Å². The van der Waals surface area contributed by atoms with Crippen LogP contribution in [0.15, 0.2) is 24.3 Å². The van der Waals surface area contributed by atoms with Crippen molar-refractivity contribution in [2.75, 3.05) is 6.61 Å². The Balaban J connectivity index is 1.96. The second-order valence-electron chi connectivity index (χ2n) is 10.1. The third kappa shape index (κ3) is 5.85. The monoisotopic (exact) mass is 469 g/mol. The van der Waals surface area contributed by atoms with Gasteiger partial charge in [-0.3, -0.25) is 0 Å². The van der Waals surface area contributed by atoms with Crippen molar-refractivity contribution in [3.8, 4) is 21.2 Å². The van der Waals surface area contributed by atoms with Crippen LogP contribution in [0.4, 0.5) is 0 Å². The van der Waals surface area contributed by atoms with Crippen LogP contribution in [-0.2, 0) is 10.6 Å². The predicted octanol–water partition coefficient (Wildman–Crippen LogP) is 9.79. The second kappa shape index (κ2) is 9.84. The number of rotatable bonds is 8. The van der Waals surface area contributed by atoms with Gasteiger partial charge in [0.2, 0.25) is 0 Å². The standard InChI is InChI=1S/C27H39OP2Si/c1-18-14-20(3)24(21(4)15-18)26-29-27(25-22(5)16-19(2)17-23(25)6)30(26)13-11-10-12-28-31(7,8)9/h14-17H,10-13H2,1-9H3/q-1. The van der Waals surface area contributed by atoms with Gasteiger partial charge in [-0.2, -0.15) is 7.53 Å². The molecule has 0 saturated heterocycles. The van der Waals surface area contributed by atoms with E-state index in [1.807, 2.05) is 0 Å². The Morgan fingerprint density at radius 1 is 0.806 bits per heavy atom. The Morgan fingerprint density at radius 3 is 1.84 bits per heavy atom. The van der Waals surface area contributed by atoms with Gasteiger partial charge in [0.1, 0.15) is 0 Å². The number of aryl methyl sites for hydroxylation is 6. The van der Waals surface area contributed by atoms with E-state index in [1.165, 1.54) is 60.6 Å². The number of benzene rings is 2. The highest BCUT2D eigenvalue weighted by molar-refractivity contribution is 7.78. The van der Waals surface area contributed by atoms with Gasteiger partial charge in [0.25, 0.3) is 0 Å². The van der Waals surface area contributed by atoms with E-state index in [0.717, 1.165) is 6.61 Å². The van der Waals surface area contributed by atoms with Crippen molar-refractivity contribution in [3.63, 3.8) is 0 Å². The Morgan fingerprint density at radius 2 is 1.32 bits per heavy atom. The van der Waals surface area contributed by atoms with Crippen LogP contribution >= 0.6 is 15.7 Å². The Bertz CT molecular complexity index is 949. The summed E-state index contributed by atoms with van der Waals surface area (Å²) in [7, 11) is -0.177. The van der Waals surface area contributed by atoms with Crippen LogP contribution in [0.2, 0.25) is 19.6 Å². The molecule has 3 rings (SSSR count). The van der Waals surface area contributed by atoms with Crippen molar-refractivity contribution >= 4 is 24.0 Å². The zero-order valence-corrected chi connectivity index (χ0v) is 23.7. The molecular formula is C27H39OP2Si-. The van der Waals surface area contributed by atoms with E-state index in [2.05, 4.69) is 85.4 Å². The molecule has 0 amide bonds. The molecule has 0 aliphatic heterocycles. The highest BCUT2D eigenvalue weighted by atomic mass is 31.1. The fourth-order valence-corrected chi connectivity index (χ4v) is 11.1. The van der Waals surface area contributed by atoms with Crippen LogP contribution < -0.4 is 0 Å². The first kappa shape index (κ1) is 24.6. The molecule has 1 nitrogen and oxygen atoms in total. The third-order valence-corrected chi connectivity index (χ3v) is 12.1. The van der Waals surface area contributed by atoms with Crippen LogP contribution in [0.1, 0.15) is 46.2 Å². The average molecular weight is 470 g/mol. The fourth-order valence-electron chi connectivity index (χ4n) is 4.69. The summed E-state index contributed by atoms with van der Waals surface area (Å²) in [4.78, 5) is 0. The Kier molecular flexibility index (Phi) is 7.81. The maximum Gasteiger partial charge on any atom is 0.183 e. The molecule has 168 valence electrons. The lowest BCUT2D eigenvalue weighted by atomic mass is 10.0. The minimum absolute atomic E-state index is 0.229. The van der Waals surface area contributed by atoms with Crippen LogP contribution in [0, 0.1) is 41.5 Å². The van der Waals surface area contributed by atoms with Crippen molar-refractivity contribution in [1.82, 2.24) is 0 Å². The molecule has 31 heavy (non-hydrogen) atoms. The van der Waals surface area contributed by atoms with Crippen LogP contribution in [0.3, 0.4) is 0 Å². The highest BCUT2D eigenvalue weighted by Crippen LogP contribution is 2.65. The number of hydrogen-bond donors (Lipinski definition) is 0. The number of unbranched alkanes of at least 4 members (excludes halogenated alkanes) is 1. The largest absolute Gasteiger partial charge is 0.418 e. The molecule has 0 aliphatic rings.